The Kier molecular flexibility index (Phi) is 3.82. The number of aromatic nitrogens is 2. The van der Waals surface area contributed by atoms with Gasteiger partial charge in [0.15, 0.2) is 5.66 Å². The quantitative estimate of drug-likeness (QED) is 0.771. The smallest absolute Gasteiger partial charge is 0.155 e. The number of nitrogens with two attached hydrogens (primary N) is 2. The van der Waals surface area contributed by atoms with Crippen molar-refractivity contribution in [2.75, 3.05) is 6.61 Å². The fourth-order valence-corrected chi connectivity index (χ4v) is 3.27. The molecule has 25 heavy (non-hydrogen) atoms. The summed E-state index contributed by atoms with van der Waals surface area (Å²) in [6.07, 6.45) is 4.66. The highest BCUT2D eigenvalue weighted by Crippen LogP contribution is 2.24. The molecule has 130 valence electrons. The van der Waals surface area contributed by atoms with Crippen LogP contribution < -0.4 is 16.8 Å². The molecular formula is C18H22N6O. The number of rotatable bonds is 3. The largest absolute Gasteiger partial charge is 0.398 e. The van der Waals surface area contributed by atoms with Gasteiger partial charge in [-0.2, -0.15) is 5.10 Å². The molecule has 0 spiro atoms. The van der Waals surface area contributed by atoms with E-state index in [0.717, 1.165) is 35.7 Å². The van der Waals surface area contributed by atoms with Gasteiger partial charge in [-0.15, -0.1) is 0 Å². The van der Waals surface area contributed by atoms with E-state index in [1.165, 1.54) is 5.56 Å². The number of aliphatic imine (C=N–C) groups is 1. The van der Waals surface area contributed by atoms with Crippen molar-refractivity contribution < 1.29 is 4.74 Å². The summed E-state index contributed by atoms with van der Waals surface area (Å²) in [5, 5.41) is 7.60. The molecule has 7 heteroatoms. The highest BCUT2D eigenvalue weighted by molar-refractivity contribution is 5.60. The van der Waals surface area contributed by atoms with Crippen LogP contribution in [0, 0.1) is 6.92 Å². The van der Waals surface area contributed by atoms with Gasteiger partial charge in [-0.1, -0.05) is 12.1 Å². The van der Waals surface area contributed by atoms with Crippen molar-refractivity contribution >= 4 is 6.34 Å². The lowest BCUT2D eigenvalue weighted by atomic mass is 9.97. The van der Waals surface area contributed by atoms with Crippen molar-refractivity contribution in [1.82, 2.24) is 15.1 Å². The van der Waals surface area contributed by atoms with Crippen LogP contribution in [-0.4, -0.2) is 28.4 Å². The zero-order chi connectivity index (χ0) is 17.4. The fraction of sp³-hybridized carbons (Fsp3) is 0.333. The van der Waals surface area contributed by atoms with E-state index >= 15 is 0 Å². The standard InChI is InChI=1S/C18H22N6O/c1-12-15-10-25-7-6-16(15)23-24(12)14-4-2-13(3-5-14)8-18(20)17(19)9-21-11-22-18/h2-5,9,11H,6-8,10,19-20H2,1H3,(H,21,22). The molecule has 5 N–H and O–H groups in total. The zero-order valence-corrected chi connectivity index (χ0v) is 14.2. The predicted octanol–water partition coefficient (Wildman–Crippen LogP) is 0.883. The third-order valence-corrected chi connectivity index (χ3v) is 4.82. The first-order chi connectivity index (χ1) is 12.1. The lowest BCUT2D eigenvalue weighted by molar-refractivity contribution is 0.110. The molecule has 0 amide bonds. The van der Waals surface area contributed by atoms with Gasteiger partial charge in [0.25, 0.3) is 0 Å². The normalized spacial score (nSPS) is 22.2. The van der Waals surface area contributed by atoms with Gasteiger partial charge in [0, 0.05) is 30.3 Å². The average Bonchev–Trinajstić information content (AvgIpc) is 2.96. The molecule has 0 fully saturated rings. The molecule has 0 bridgehead atoms. The maximum absolute atomic E-state index is 6.31. The summed E-state index contributed by atoms with van der Waals surface area (Å²) >= 11 is 0. The van der Waals surface area contributed by atoms with Crippen molar-refractivity contribution in [2.24, 2.45) is 16.5 Å². The second-order valence-corrected chi connectivity index (χ2v) is 6.52. The lowest BCUT2D eigenvalue weighted by Gasteiger charge is -2.28. The number of hydrogen-bond acceptors (Lipinski definition) is 6. The van der Waals surface area contributed by atoms with Gasteiger partial charge in [0.05, 0.1) is 36.6 Å². The van der Waals surface area contributed by atoms with Gasteiger partial charge in [-0.05, 0) is 24.6 Å². The Labute approximate surface area is 146 Å². The highest BCUT2D eigenvalue weighted by Gasteiger charge is 2.29. The third kappa shape index (κ3) is 2.81. The Bertz CT molecular complexity index is 851. The van der Waals surface area contributed by atoms with Crippen LogP contribution in [0.5, 0.6) is 0 Å². The summed E-state index contributed by atoms with van der Waals surface area (Å²) in [6, 6.07) is 8.20. The third-order valence-electron chi connectivity index (χ3n) is 4.82. The molecule has 3 heterocycles. The summed E-state index contributed by atoms with van der Waals surface area (Å²) in [5.41, 5.74) is 17.5. The van der Waals surface area contributed by atoms with E-state index in [1.807, 2.05) is 16.8 Å². The van der Waals surface area contributed by atoms with E-state index in [2.05, 4.69) is 29.4 Å². The lowest BCUT2D eigenvalue weighted by Crippen LogP contribution is -2.48. The van der Waals surface area contributed by atoms with E-state index in [0.29, 0.717) is 18.7 Å². The molecule has 0 saturated heterocycles. The van der Waals surface area contributed by atoms with E-state index in [-0.39, 0.29) is 0 Å². The van der Waals surface area contributed by atoms with Crippen LogP contribution in [0.15, 0.2) is 41.2 Å². The molecular weight excluding hydrogens is 316 g/mol. The van der Waals surface area contributed by atoms with Crippen LogP contribution in [0.2, 0.25) is 0 Å². The van der Waals surface area contributed by atoms with Crippen LogP contribution in [0.3, 0.4) is 0 Å². The second-order valence-electron chi connectivity index (χ2n) is 6.52. The highest BCUT2D eigenvalue weighted by atomic mass is 16.5. The number of hydrogen-bond donors (Lipinski definition) is 3. The van der Waals surface area contributed by atoms with Gasteiger partial charge in [-0.25, -0.2) is 9.67 Å². The molecule has 2 aromatic rings. The van der Waals surface area contributed by atoms with E-state index in [9.17, 15) is 0 Å². The van der Waals surface area contributed by atoms with Crippen LogP contribution >= 0.6 is 0 Å². The van der Waals surface area contributed by atoms with E-state index in [4.69, 9.17) is 21.3 Å². The minimum absolute atomic E-state index is 0.523. The van der Waals surface area contributed by atoms with Crippen molar-refractivity contribution in [3.63, 3.8) is 0 Å². The van der Waals surface area contributed by atoms with Gasteiger partial charge < -0.3 is 21.5 Å². The van der Waals surface area contributed by atoms with Crippen LogP contribution in [0.4, 0.5) is 0 Å². The minimum Gasteiger partial charge on any atom is -0.398 e. The maximum Gasteiger partial charge on any atom is 0.155 e. The van der Waals surface area contributed by atoms with E-state index < -0.39 is 5.66 Å². The molecule has 1 aromatic carbocycles. The molecule has 2 aliphatic rings. The molecule has 7 nitrogen and oxygen atoms in total. The predicted molar refractivity (Wildman–Crippen MR) is 96.2 cm³/mol. The summed E-state index contributed by atoms with van der Waals surface area (Å²) in [5.74, 6) is 0. The van der Waals surface area contributed by atoms with Crippen molar-refractivity contribution in [2.45, 2.75) is 32.0 Å². The summed E-state index contributed by atoms with van der Waals surface area (Å²) in [4.78, 5) is 4.29. The number of ether oxygens (including phenoxy) is 1. The molecule has 2 aliphatic heterocycles. The maximum atomic E-state index is 6.31. The first-order valence-electron chi connectivity index (χ1n) is 8.36. The Morgan fingerprint density at radius 2 is 2.12 bits per heavy atom. The van der Waals surface area contributed by atoms with Crippen LogP contribution in [0.1, 0.15) is 22.5 Å². The molecule has 0 saturated carbocycles. The number of fused-ring (bicyclic) bond motifs is 1. The number of benzene rings is 1. The monoisotopic (exact) mass is 338 g/mol. The first kappa shape index (κ1) is 15.9. The average molecular weight is 338 g/mol. The number of nitrogens with zero attached hydrogens (tertiary/aromatic N) is 3. The Morgan fingerprint density at radius 3 is 2.84 bits per heavy atom. The minimum atomic E-state index is -0.898. The first-order valence-corrected chi connectivity index (χ1v) is 8.36. The molecule has 1 atom stereocenters. The Hall–Kier alpha value is -2.64. The number of nitrogens with one attached hydrogen (secondary N) is 1. The SMILES string of the molecule is Cc1c2c(nn1-c1ccc(CC3(N)N=CNC=C3N)cc1)CCOC2. The molecule has 1 aromatic heterocycles. The molecule has 0 aliphatic carbocycles. The van der Waals surface area contributed by atoms with Crippen LogP contribution in [-0.2, 0) is 24.2 Å². The molecule has 0 radical (unpaired) electrons. The van der Waals surface area contributed by atoms with Crippen molar-refractivity contribution in [3.8, 4) is 5.69 Å². The Balaban J connectivity index is 1.59. The summed E-state index contributed by atoms with van der Waals surface area (Å²) in [7, 11) is 0. The van der Waals surface area contributed by atoms with Crippen LogP contribution in [0.25, 0.3) is 5.69 Å². The molecule has 4 rings (SSSR count). The van der Waals surface area contributed by atoms with Gasteiger partial charge in [0.2, 0.25) is 0 Å². The van der Waals surface area contributed by atoms with Crippen molar-refractivity contribution in [1.29, 1.82) is 0 Å². The zero-order valence-electron chi connectivity index (χ0n) is 14.2. The summed E-state index contributed by atoms with van der Waals surface area (Å²) in [6.45, 7) is 3.47. The van der Waals surface area contributed by atoms with Gasteiger partial charge in [-0.3, -0.25) is 0 Å². The fourth-order valence-electron chi connectivity index (χ4n) is 3.27. The van der Waals surface area contributed by atoms with Gasteiger partial charge in [0.1, 0.15) is 0 Å². The topological polar surface area (TPSA) is 103 Å². The van der Waals surface area contributed by atoms with Crippen molar-refractivity contribution in [3.05, 3.63) is 58.7 Å². The second kappa shape index (κ2) is 6.02. The van der Waals surface area contributed by atoms with E-state index in [1.54, 1.807) is 12.5 Å². The Morgan fingerprint density at radius 1 is 1.32 bits per heavy atom. The molecule has 1 unspecified atom stereocenters. The summed E-state index contributed by atoms with van der Waals surface area (Å²) < 4.78 is 7.53. The van der Waals surface area contributed by atoms with Gasteiger partial charge >= 0.3 is 0 Å².